The quantitative estimate of drug-likeness (QED) is 0.915. The smallest absolute Gasteiger partial charge is 0.356 e. The summed E-state index contributed by atoms with van der Waals surface area (Å²) in [4.78, 5) is 10.9. The van der Waals surface area contributed by atoms with E-state index < -0.39 is 5.97 Å². The van der Waals surface area contributed by atoms with Crippen LogP contribution in [-0.4, -0.2) is 26.1 Å². The summed E-state index contributed by atoms with van der Waals surface area (Å²) in [5.41, 5.74) is 1.72. The Morgan fingerprint density at radius 3 is 2.88 bits per heavy atom. The van der Waals surface area contributed by atoms with Gasteiger partial charge in [-0.1, -0.05) is 21.1 Å². The van der Waals surface area contributed by atoms with Gasteiger partial charge in [-0.25, -0.2) is 9.48 Å². The number of halogens is 1. The van der Waals surface area contributed by atoms with Gasteiger partial charge in [0.05, 0.1) is 11.9 Å². The van der Waals surface area contributed by atoms with E-state index in [1.165, 1.54) is 10.9 Å². The number of carbonyl (C=O) groups is 1. The maximum atomic E-state index is 10.9. The van der Waals surface area contributed by atoms with Crippen molar-refractivity contribution < 1.29 is 9.90 Å². The molecule has 2 aromatic rings. The first kappa shape index (κ1) is 10.8. The van der Waals surface area contributed by atoms with E-state index in [4.69, 9.17) is 5.11 Å². The fraction of sp³-hybridized carbons (Fsp3) is 0.100. The topological polar surface area (TPSA) is 68.0 Å². The Bertz CT molecular complexity index is 551. The molecule has 1 N–H and O–H groups in total. The zero-order valence-corrected chi connectivity index (χ0v) is 9.97. The molecular weight excluding hydrogens is 274 g/mol. The van der Waals surface area contributed by atoms with Crippen LogP contribution in [0.25, 0.3) is 5.69 Å². The first-order valence-electron chi connectivity index (χ1n) is 4.50. The van der Waals surface area contributed by atoms with Gasteiger partial charge in [0, 0.05) is 4.47 Å². The number of hydrogen-bond acceptors (Lipinski definition) is 3. The van der Waals surface area contributed by atoms with Gasteiger partial charge >= 0.3 is 5.97 Å². The Morgan fingerprint density at radius 1 is 1.50 bits per heavy atom. The number of nitrogens with zero attached hydrogens (tertiary/aromatic N) is 3. The average molecular weight is 282 g/mol. The molecule has 0 radical (unpaired) electrons. The Balaban J connectivity index is 2.54. The number of rotatable bonds is 2. The molecule has 1 aromatic carbocycles. The summed E-state index contributed by atoms with van der Waals surface area (Å²) in [6.07, 6.45) is 1.22. The summed E-state index contributed by atoms with van der Waals surface area (Å²) in [6, 6.07) is 5.46. The van der Waals surface area contributed by atoms with E-state index in [2.05, 4.69) is 26.2 Å². The molecule has 1 aromatic heterocycles. The van der Waals surface area contributed by atoms with E-state index in [1.807, 2.05) is 19.1 Å². The van der Waals surface area contributed by atoms with Crippen molar-refractivity contribution in [2.75, 3.05) is 0 Å². The third-order valence-electron chi connectivity index (χ3n) is 2.15. The molecule has 0 aliphatic heterocycles. The Labute approximate surface area is 99.8 Å². The summed E-state index contributed by atoms with van der Waals surface area (Å²) in [5, 5.41) is 16.3. The van der Waals surface area contributed by atoms with E-state index in [1.54, 1.807) is 6.07 Å². The molecule has 0 aliphatic rings. The number of aryl methyl sites for hydroxylation is 1. The van der Waals surface area contributed by atoms with Crippen LogP contribution in [0.5, 0.6) is 0 Å². The number of carboxylic acid groups (broad SMARTS) is 1. The maximum absolute atomic E-state index is 10.9. The average Bonchev–Trinajstić information content (AvgIpc) is 2.71. The molecule has 6 heteroatoms. The number of benzene rings is 1. The Morgan fingerprint density at radius 2 is 2.25 bits per heavy atom. The van der Waals surface area contributed by atoms with E-state index >= 15 is 0 Å². The lowest BCUT2D eigenvalue weighted by Crippen LogP contribution is -2.08. The molecule has 0 bridgehead atoms. The predicted octanol–water partition coefficient (Wildman–Crippen LogP) is 2.04. The highest BCUT2D eigenvalue weighted by Gasteiger charge is 2.13. The molecule has 16 heavy (non-hydrogen) atoms. The first-order chi connectivity index (χ1) is 7.59. The highest BCUT2D eigenvalue weighted by atomic mass is 79.9. The molecule has 0 spiro atoms. The molecule has 0 atom stereocenters. The van der Waals surface area contributed by atoms with Crippen molar-refractivity contribution in [1.29, 1.82) is 0 Å². The van der Waals surface area contributed by atoms with Gasteiger partial charge < -0.3 is 5.11 Å². The van der Waals surface area contributed by atoms with Crippen molar-refractivity contribution in [2.45, 2.75) is 6.92 Å². The van der Waals surface area contributed by atoms with Gasteiger partial charge in [-0.15, -0.1) is 5.10 Å². The Kier molecular flexibility index (Phi) is 2.74. The minimum atomic E-state index is -1.05. The third-order valence-corrected chi connectivity index (χ3v) is 3.04. The minimum Gasteiger partial charge on any atom is -0.476 e. The lowest BCUT2D eigenvalue weighted by Gasteiger charge is -2.05. The molecule has 0 aliphatic carbocycles. The molecule has 0 amide bonds. The van der Waals surface area contributed by atoms with E-state index in [-0.39, 0.29) is 5.69 Å². The van der Waals surface area contributed by atoms with Crippen molar-refractivity contribution in [1.82, 2.24) is 15.0 Å². The third kappa shape index (κ3) is 1.83. The summed E-state index contributed by atoms with van der Waals surface area (Å²) in [7, 11) is 0. The van der Waals surface area contributed by atoms with Gasteiger partial charge in [-0.3, -0.25) is 0 Å². The zero-order valence-electron chi connectivity index (χ0n) is 8.38. The summed E-state index contributed by atoms with van der Waals surface area (Å²) in [6.45, 7) is 1.92. The van der Waals surface area contributed by atoms with Crippen LogP contribution in [0.3, 0.4) is 0 Å². The van der Waals surface area contributed by atoms with Crippen LogP contribution in [-0.2, 0) is 0 Å². The second-order valence-corrected chi connectivity index (χ2v) is 4.12. The summed E-state index contributed by atoms with van der Waals surface area (Å²) in [5.74, 6) is -1.05. The minimum absolute atomic E-state index is 0.0433. The second kappa shape index (κ2) is 4.05. The number of aromatic carboxylic acids is 1. The van der Waals surface area contributed by atoms with Crippen molar-refractivity contribution in [3.8, 4) is 5.69 Å². The second-order valence-electron chi connectivity index (χ2n) is 3.27. The first-order valence-corrected chi connectivity index (χ1v) is 5.29. The SMILES string of the molecule is Cc1cc(-n2nncc2C(=O)O)ccc1Br. The summed E-state index contributed by atoms with van der Waals surface area (Å²) >= 11 is 3.38. The highest BCUT2D eigenvalue weighted by Crippen LogP contribution is 2.19. The van der Waals surface area contributed by atoms with Gasteiger partial charge in [0.25, 0.3) is 0 Å². The fourth-order valence-corrected chi connectivity index (χ4v) is 1.58. The molecule has 0 fully saturated rings. The predicted molar refractivity (Wildman–Crippen MR) is 60.8 cm³/mol. The van der Waals surface area contributed by atoms with Crippen LogP contribution in [0.15, 0.2) is 28.9 Å². The van der Waals surface area contributed by atoms with Crippen LogP contribution in [0, 0.1) is 6.92 Å². The van der Waals surface area contributed by atoms with Crippen molar-refractivity contribution in [2.24, 2.45) is 0 Å². The molecule has 0 saturated carbocycles. The Hall–Kier alpha value is -1.69. The van der Waals surface area contributed by atoms with Gasteiger partial charge in [0.2, 0.25) is 0 Å². The maximum Gasteiger partial charge on any atom is 0.356 e. The molecule has 5 nitrogen and oxygen atoms in total. The number of carboxylic acids is 1. The van der Waals surface area contributed by atoms with Crippen LogP contribution in [0.4, 0.5) is 0 Å². The fourth-order valence-electron chi connectivity index (χ4n) is 1.33. The van der Waals surface area contributed by atoms with Crippen molar-refractivity contribution in [3.05, 3.63) is 40.1 Å². The molecule has 0 unspecified atom stereocenters. The van der Waals surface area contributed by atoms with Crippen molar-refractivity contribution >= 4 is 21.9 Å². The van der Waals surface area contributed by atoms with Crippen LogP contribution < -0.4 is 0 Å². The summed E-state index contributed by atoms with van der Waals surface area (Å²) < 4.78 is 2.26. The van der Waals surface area contributed by atoms with Gasteiger partial charge in [0.15, 0.2) is 5.69 Å². The standard InChI is InChI=1S/C10H8BrN3O2/c1-6-4-7(2-3-8(6)11)14-9(10(15)16)5-12-13-14/h2-5H,1H3,(H,15,16). The van der Waals surface area contributed by atoms with Crippen LogP contribution in [0.1, 0.15) is 16.1 Å². The molecule has 1 heterocycles. The van der Waals surface area contributed by atoms with Gasteiger partial charge in [-0.2, -0.15) is 0 Å². The zero-order chi connectivity index (χ0) is 11.7. The van der Waals surface area contributed by atoms with Gasteiger partial charge in [-0.05, 0) is 30.7 Å². The van der Waals surface area contributed by atoms with Gasteiger partial charge in [0.1, 0.15) is 0 Å². The van der Waals surface area contributed by atoms with Crippen LogP contribution >= 0.6 is 15.9 Å². The van der Waals surface area contributed by atoms with E-state index in [0.717, 1.165) is 10.0 Å². The molecular formula is C10H8BrN3O2. The normalized spacial score (nSPS) is 10.4. The molecule has 2 rings (SSSR count). The van der Waals surface area contributed by atoms with E-state index in [9.17, 15) is 4.79 Å². The van der Waals surface area contributed by atoms with Crippen molar-refractivity contribution in [3.63, 3.8) is 0 Å². The lowest BCUT2D eigenvalue weighted by molar-refractivity contribution is 0.0687. The highest BCUT2D eigenvalue weighted by molar-refractivity contribution is 9.10. The number of hydrogen-bond donors (Lipinski definition) is 1. The van der Waals surface area contributed by atoms with Crippen LogP contribution in [0.2, 0.25) is 0 Å². The number of aromatic nitrogens is 3. The molecule has 0 saturated heterocycles. The largest absolute Gasteiger partial charge is 0.476 e. The monoisotopic (exact) mass is 281 g/mol. The van der Waals surface area contributed by atoms with E-state index in [0.29, 0.717) is 5.69 Å². The molecule has 82 valence electrons. The lowest BCUT2D eigenvalue weighted by atomic mass is 10.2.